The van der Waals surface area contributed by atoms with E-state index in [0.29, 0.717) is 86.1 Å². The third-order valence-electron chi connectivity index (χ3n) is 13.3. The number of carboxylic acids is 1. The fourth-order valence-corrected chi connectivity index (χ4v) is 9.21. The van der Waals surface area contributed by atoms with E-state index in [-0.39, 0.29) is 64.6 Å². The van der Waals surface area contributed by atoms with Crippen LogP contribution >= 0.6 is 0 Å². The Labute approximate surface area is 478 Å². The predicted octanol–water partition coefficient (Wildman–Crippen LogP) is 5.56. The molecule has 10 rings (SSSR count). The number of aromatic nitrogens is 6. The van der Waals surface area contributed by atoms with Crippen LogP contribution in [0.3, 0.4) is 0 Å². The number of rotatable bonds is 18. The maximum atomic E-state index is 12.2. The molecule has 6 heterocycles. The van der Waals surface area contributed by atoms with Crippen molar-refractivity contribution in [2.24, 2.45) is 0 Å². The van der Waals surface area contributed by atoms with E-state index in [1.165, 1.54) is 7.11 Å². The van der Waals surface area contributed by atoms with Gasteiger partial charge in [0.1, 0.15) is 34.5 Å². The molecule has 4 N–H and O–H groups in total. The number of anilines is 4. The molecule has 0 aliphatic carbocycles. The van der Waals surface area contributed by atoms with Crippen molar-refractivity contribution >= 4 is 68.6 Å². The van der Waals surface area contributed by atoms with E-state index in [1.54, 1.807) is 67.7 Å². The second kappa shape index (κ2) is 26.9. The van der Waals surface area contributed by atoms with E-state index >= 15 is 0 Å². The minimum atomic E-state index is -0.981. The number of methoxy groups -OCH3 is 3. The Balaban J connectivity index is 0.000000223. The third-order valence-corrected chi connectivity index (χ3v) is 13.3. The molecular weight excluding hydrogens is 1020 g/mol. The van der Waals surface area contributed by atoms with Gasteiger partial charge >= 0.3 is 41.5 Å². The summed E-state index contributed by atoms with van der Waals surface area (Å²) in [4.78, 5) is 60.4. The topological polar surface area (TPSA) is 257 Å². The van der Waals surface area contributed by atoms with Crippen LogP contribution in [0.25, 0.3) is 22.1 Å². The predicted molar refractivity (Wildman–Crippen MR) is 291 cm³/mol. The van der Waals surface area contributed by atoms with Crippen molar-refractivity contribution in [3.63, 3.8) is 0 Å². The Kier molecular flexibility index (Phi) is 19.9. The van der Waals surface area contributed by atoms with Gasteiger partial charge in [0.2, 0.25) is 23.6 Å². The number of ether oxygens (including phenoxy) is 5. The number of carbonyl (C=O) groups is 4. The number of aromatic carboxylic acids is 1. The molecule has 0 radical (unpaired) electrons. The molecule has 8 aromatic rings. The van der Waals surface area contributed by atoms with Crippen molar-refractivity contribution in [2.45, 2.75) is 64.8 Å². The van der Waals surface area contributed by atoms with Crippen LogP contribution in [0.15, 0.2) is 122 Å². The summed E-state index contributed by atoms with van der Waals surface area (Å²) in [5.41, 5.74) is 7.03. The van der Waals surface area contributed by atoms with Crippen molar-refractivity contribution in [2.75, 3.05) is 58.1 Å². The van der Waals surface area contributed by atoms with Crippen molar-refractivity contribution < 1.29 is 83.0 Å². The zero-order valence-corrected chi connectivity index (χ0v) is 46.9. The number of nitrogens with zero attached hydrogens (tertiary/aromatic N) is 8. The second-order valence-electron chi connectivity index (χ2n) is 18.4. The summed E-state index contributed by atoms with van der Waals surface area (Å²) in [5.74, 6) is 1.30. The van der Waals surface area contributed by atoms with Crippen LogP contribution in [-0.4, -0.2) is 133 Å². The monoisotopic (exact) mass is 1080 g/mol. The molecule has 2 fully saturated rings. The van der Waals surface area contributed by atoms with Crippen LogP contribution in [0.1, 0.15) is 71.4 Å². The Morgan fingerprint density at radius 2 is 0.987 bits per heavy atom. The van der Waals surface area contributed by atoms with Gasteiger partial charge in [-0.05, 0) is 96.1 Å². The number of benzene rings is 4. The summed E-state index contributed by atoms with van der Waals surface area (Å²) in [6.07, 6.45) is 5.46. The maximum absolute atomic E-state index is 12.2. The van der Waals surface area contributed by atoms with Crippen LogP contribution in [0.5, 0.6) is 23.3 Å². The van der Waals surface area contributed by atoms with Crippen LogP contribution in [0, 0.1) is 0 Å². The molecular formula is C57H61N10NaO11. The number of carbonyl (C=O) groups excluding carboxylic acids is 3. The number of pyridine rings is 2. The van der Waals surface area contributed by atoms with Gasteiger partial charge in [-0.25, -0.2) is 28.9 Å². The number of amides is 2. The third kappa shape index (κ3) is 13.9. The van der Waals surface area contributed by atoms with Gasteiger partial charge in [-0.3, -0.25) is 9.59 Å². The first-order chi connectivity index (χ1) is 37.4. The van der Waals surface area contributed by atoms with Gasteiger partial charge in [0, 0.05) is 62.5 Å². The number of carboxylic acid groups (broad SMARTS) is 1. The number of fused-ring (bicyclic) bond motifs is 2. The first-order valence-corrected chi connectivity index (χ1v) is 25.4. The van der Waals surface area contributed by atoms with Gasteiger partial charge < -0.3 is 54.7 Å². The van der Waals surface area contributed by atoms with Gasteiger partial charge in [0.25, 0.3) is 0 Å². The Bertz CT molecular complexity index is 3370. The minimum absolute atomic E-state index is 0. The SMILES string of the molecule is CCC(=O)N1CC[C@@H](Oc2nn(Cc3ccc(OC)cc3)c3nccc(Nc4ccc(C(=O)O)cc4)c23)C1.CCC(=O)N1CC[C@@H](Oc2nn(Cc3ccc(OC)cc3)c3nccc(Nc4ccc(C(=O)OC)cc4)c23)C1.[Na+].[OH-]. The molecule has 0 spiro atoms. The molecule has 2 saturated heterocycles. The van der Waals surface area contributed by atoms with Gasteiger partial charge in [-0.15, -0.1) is 10.2 Å². The van der Waals surface area contributed by atoms with Crippen LogP contribution < -0.4 is 59.1 Å². The molecule has 2 aliphatic rings. The van der Waals surface area contributed by atoms with Crippen LogP contribution in [-0.2, 0) is 27.4 Å². The molecule has 0 bridgehead atoms. The maximum Gasteiger partial charge on any atom is 1.00 e. The summed E-state index contributed by atoms with van der Waals surface area (Å²) in [5, 5.41) is 27.1. The molecule has 2 atom stereocenters. The molecule has 4 aromatic carbocycles. The van der Waals surface area contributed by atoms with Gasteiger partial charge in [-0.2, -0.15) is 0 Å². The van der Waals surface area contributed by atoms with Crippen LogP contribution in [0.4, 0.5) is 22.7 Å². The van der Waals surface area contributed by atoms with E-state index in [0.717, 1.165) is 63.6 Å². The van der Waals surface area contributed by atoms with E-state index in [2.05, 4.69) is 20.6 Å². The van der Waals surface area contributed by atoms with E-state index in [9.17, 15) is 24.3 Å². The van der Waals surface area contributed by atoms with E-state index < -0.39 is 11.9 Å². The van der Waals surface area contributed by atoms with Gasteiger partial charge in [0.05, 0.1) is 70.0 Å². The zero-order valence-electron chi connectivity index (χ0n) is 44.9. The fourth-order valence-electron chi connectivity index (χ4n) is 9.21. The number of hydrogen-bond donors (Lipinski definition) is 3. The molecule has 0 saturated carbocycles. The summed E-state index contributed by atoms with van der Waals surface area (Å²) in [7, 11) is 4.62. The van der Waals surface area contributed by atoms with Crippen molar-refractivity contribution in [3.8, 4) is 23.3 Å². The minimum Gasteiger partial charge on any atom is -0.870 e. The Morgan fingerprint density at radius 3 is 1.35 bits per heavy atom. The first-order valence-electron chi connectivity index (χ1n) is 25.4. The normalized spacial score (nSPS) is 14.5. The zero-order chi connectivity index (χ0) is 54.0. The van der Waals surface area contributed by atoms with Gasteiger partial charge in [-0.1, -0.05) is 38.1 Å². The van der Waals surface area contributed by atoms with Gasteiger partial charge in [0.15, 0.2) is 11.3 Å². The molecule has 406 valence electrons. The van der Waals surface area contributed by atoms with Crippen molar-refractivity contribution in [3.05, 3.63) is 144 Å². The average molecular weight is 1090 g/mol. The largest absolute Gasteiger partial charge is 1.00 e. The Hall–Kier alpha value is -8.24. The average Bonchev–Trinajstić information content (AvgIpc) is 4.48. The van der Waals surface area contributed by atoms with E-state index in [1.807, 2.05) is 101 Å². The summed E-state index contributed by atoms with van der Waals surface area (Å²) in [6, 6.07) is 32.8. The molecule has 21 nitrogen and oxygen atoms in total. The fraction of sp³-hybridized carbons (Fsp3) is 0.298. The van der Waals surface area contributed by atoms with E-state index in [4.69, 9.17) is 33.9 Å². The summed E-state index contributed by atoms with van der Waals surface area (Å²) >= 11 is 0. The van der Waals surface area contributed by atoms with Crippen molar-refractivity contribution in [1.29, 1.82) is 0 Å². The standard InChI is InChI=1S/C29H31N5O5.C28H29N5O5.Na.H2O/c1-4-25(35)33-16-14-23(18-33)39-28-26-24(31-21-9-7-20(8-10-21)29(36)38-3)13-15-30-27(26)34(32-28)17-19-5-11-22(37-2)12-6-19;1-3-24(34)32-15-13-22(17-32)38-27-25-23(30-20-8-6-19(7-9-20)28(35)36)12-14-29-26(25)33(31-27)16-18-4-10-21(37-2)11-5-18;;/h5-13,15,23H,4,14,16-18H2,1-3H3,(H,30,31);4-12,14,22H,3,13,15-17H2,1-2H3,(H,29,30)(H,35,36);;1H2/q;;+1;/p-1/t23-;22-;;/m11../s1. The summed E-state index contributed by atoms with van der Waals surface area (Å²) in [6.45, 7) is 7.04. The number of hydrogen-bond acceptors (Lipinski definition) is 16. The smallest absolute Gasteiger partial charge is 0.870 e. The number of nitrogens with one attached hydrogen (secondary N) is 2. The molecule has 2 amide bonds. The van der Waals surface area contributed by atoms with Crippen LogP contribution in [0.2, 0.25) is 0 Å². The summed E-state index contributed by atoms with van der Waals surface area (Å²) < 4.78 is 31.8. The molecule has 2 aliphatic heterocycles. The number of likely N-dealkylation sites (tertiary alicyclic amines) is 2. The molecule has 79 heavy (non-hydrogen) atoms. The molecule has 0 unspecified atom stereocenters. The number of esters is 1. The Morgan fingerprint density at radius 1 is 0.582 bits per heavy atom. The van der Waals surface area contributed by atoms with Crippen molar-refractivity contribution in [1.82, 2.24) is 39.3 Å². The molecule has 4 aromatic heterocycles. The molecule has 22 heteroatoms. The second-order valence-corrected chi connectivity index (χ2v) is 18.4. The first kappa shape index (κ1) is 58.4. The quantitative estimate of drug-likeness (QED) is 0.0703.